The molecule has 0 spiro atoms. The number of aromatic nitrogens is 3. The lowest BCUT2D eigenvalue weighted by Gasteiger charge is -2.19. The molecule has 0 N–H and O–H groups in total. The molecule has 7 heteroatoms. The maximum absolute atomic E-state index is 11.8. The van der Waals surface area contributed by atoms with Crippen molar-refractivity contribution in [2.45, 2.75) is 32.4 Å². The van der Waals surface area contributed by atoms with Gasteiger partial charge in [-0.2, -0.15) is 0 Å². The van der Waals surface area contributed by atoms with Crippen LogP contribution in [-0.4, -0.2) is 70.4 Å². The molecule has 1 amide bonds. The van der Waals surface area contributed by atoms with Crippen molar-refractivity contribution >= 4 is 5.91 Å². The van der Waals surface area contributed by atoms with Gasteiger partial charge in [-0.1, -0.05) is 0 Å². The Kier molecular flexibility index (Phi) is 4.50. The number of rotatable bonds is 5. The van der Waals surface area contributed by atoms with Gasteiger partial charge in [-0.3, -0.25) is 9.69 Å². The Morgan fingerprint density at radius 3 is 2.81 bits per heavy atom. The van der Waals surface area contributed by atoms with E-state index in [1.54, 1.807) is 7.11 Å². The predicted octanol–water partition coefficient (Wildman–Crippen LogP) is -0.0950. The van der Waals surface area contributed by atoms with Crippen molar-refractivity contribution in [2.24, 2.45) is 0 Å². The minimum Gasteiger partial charge on any atom is -0.383 e. The molecule has 1 aromatic heterocycles. The normalized spacial score (nSPS) is 19.9. The number of fused-ring (bicyclic) bond motifs is 1. The molecule has 1 saturated heterocycles. The van der Waals surface area contributed by atoms with E-state index in [0.29, 0.717) is 13.0 Å². The highest BCUT2D eigenvalue weighted by molar-refractivity contribution is 5.77. The molecule has 0 bridgehead atoms. The van der Waals surface area contributed by atoms with Crippen LogP contribution in [0.5, 0.6) is 0 Å². The molecule has 0 unspecified atom stereocenters. The third-order valence-corrected chi connectivity index (χ3v) is 4.31. The van der Waals surface area contributed by atoms with Crippen molar-refractivity contribution in [3.8, 4) is 0 Å². The molecule has 7 nitrogen and oxygen atoms in total. The predicted molar refractivity (Wildman–Crippen MR) is 76.7 cm³/mol. The van der Waals surface area contributed by atoms with E-state index in [1.807, 2.05) is 4.90 Å². The zero-order valence-corrected chi connectivity index (χ0v) is 12.6. The lowest BCUT2D eigenvalue weighted by atomic mass is 10.4. The third-order valence-electron chi connectivity index (χ3n) is 4.31. The summed E-state index contributed by atoms with van der Waals surface area (Å²) in [6.45, 7) is 6.03. The Hall–Kier alpha value is -1.47. The number of hydrogen-bond donors (Lipinski definition) is 0. The second-order valence-corrected chi connectivity index (χ2v) is 5.69. The summed E-state index contributed by atoms with van der Waals surface area (Å²) >= 11 is 0. The van der Waals surface area contributed by atoms with Crippen molar-refractivity contribution in [1.29, 1.82) is 0 Å². The van der Waals surface area contributed by atoms with Crippen LogP contribution in [0.3, 0.4) is 0 Å². The van der Waals surface area contributed by atoms with Gasteiger partial charge in [-0.15, -0.1) is 10.2 Å². The van der Waals surface area contributed by atoms with Crippen LogP contribution in [-0.2, 0) is 29.0 Å². The van der Waals surface area contributed by atoms with Crippen LogP contribution in [0.4, 0.5) is 0 Å². The lowest BCUT2D eigenvalue weighted by Crippen LogP contribution is -2.31. The lowest BCUT2D eigenvalue weighted by molar-refractivity contribution is -0.128. The number of carbonyl (C=O) groups excluding carboxylic acids is 1. The van der Waals surface area contributed by atoms with Gasteiger partial charge in [-0.25, -0.2) is 0 Å². The first-order chi connectivity index (χ1) is 10.3. The van der Waals surface area contributed by atoms with Gasteiger partial charge in [-0.05, 0) is 6.42 Å². The SMILES string of the molecule is COCCN1CCc2nnc(CN3CCCC3=O)n2CC1. The molecule has 3 rings (SSSR count). The number of carbonyl (C=O) groups is 1. The summed E-state index contributed by atoms with van der Waals surface area (Å²) in [6.07, 6.45) is 2.54. The number of likely N-dealkylation sites (tertiary alicyclic amines) is 1. The summed E-state index contributed by atoms with van der Waals surface area (Å²) < 4.78 is 7.34. The quantitative estimate of drug-likeness (QED) is 0.759. The molecule has 0 saturated carbocycles. The molecule has 0 aliphatic carbocycles. The zero-order valence-electron chi connectivity index (χ0n) is 12.6. The fourth-order valence-electron chi connectivity index (χ4n) is 3.03. The highest BCUT2D eigenvalue weighted by Crippen LogP contribution is 2.15. The minimum atomic E-state index is 0.239. The summed E-state index contributed by atoms with van der Waals surface area (Å²) in [7, 11) is 1.73. The van der Waals surface area contributed by atoms with Gasteiger partial charge < -0.3 is 14.2 Å². The zero-order chi connectivity index (χ0) is 14.7. The number of nitrogens with zero attached hydrogens (tertiary/aromatic N) is 5. The van der Waals surface area contributed by atoms with Gasteiger partial charge in [0.2, 0.25) is 5.91 Å². The van der Waals surface area contributed by atoms with Gasteiger partial charge in [0.05, 0.1) is 13.2 Å². The summed E-state index contributed by atoms with van der Waals surface area (Å²) in [6, 6.07) is 0. The summed E-state index contributed by atoms with van der Waals surface area (Å²) in [5.74, 6) is 2.20. The first-order valence-electron chi connectivity index (χ1n) is 7.68. The van der Waals surface area contributed by atoms with E-state index in [9.17, 15) is 4.79 Å². The van der Waals surface area contributed by atoms with Crippen LogP contribution in [0.1, 0.15) is 24.5 Å². The number of ether oxygens (including phenoxy) is 1. The Morgan fingerprint density at radius 2 is 2.05 bits per heavy atom. The van der Waals surface area contributed by atoms with E-state index in [1.165, 1.54) is 0 Å². The Balaban J connectivity index is 1.65. The van der Waals surface area contributed by atoms with Crippen LogP contribution in [0, 0.1) is 0 Å². The maximum atomic E-state index is 11.8. The molecule has 3 heterocycles. The molecule has 21 heavy (non-hydrogen) atoms. The Labute approximate surface area is 124 Å². The molecule has 0 radical (unpaired) electrons. The van der Waals surface area contributed by atoms with Crippen molar-refractivity contribution < 1.29 is 9.53 Å². The van der Waals surface area contributed by atoms with Crippen molar-refractivity contribution in [1.82, 2.24) is 24.6 Å². The highest BCUT2D eigenvalue weighted by Gasteiger charge is 2.24. The van der Waals surface area contributed by atoms with Crippen molar-refractivity contribution in [3.05, 3.63) is 11.6 Å². The monoisotopic (exact) mass is 293 g/mol. The summed E-state index contributed by atoms with van der Waals surface area (Å²) in [5.41, 5.74) is 0. The van der Waals surface area contributed by atoms with E-state index in [-0.39, 0.29) is 5.91 Å². The number of methoxy groups -OCH3 is 1. The molecular weight excluding hydrogens is 270 g/mol. The van der Waals surface area contributed by atoms with Crippen molar-refractivity contribution in [2.75, 3.05) is 39.9 Å². The van der Waals surface area contributed by atoms with Crippen molar-refractivity contribution in [3.63, 3.8) is 0 Å². The van der Waals surface area contributed by atoms with Crippen LogP contribution < -0.4 is 0 Å². The van der Waals surface area contributed by atoms with E-state index in [4.69, 9.17) is 4.74 Å². The molecule has 0 atom stereocenters. The average molecular weight is 293 g/mol. The summed E-state index contributed by atoms with van der Waals surface area (Å²) in [4.78, 5) is 16.0. The van der Waals surface area contributed by atoms with Gasteiger partial charge >= 0.3 is 0 Å². The number of hydrogen-bond acceptors (Lipinski definition) is 5. The molecule has 1 aromatic rings. The largest absolute Gasteiger partial charge is 0.383 e. The van der Waals surface area contributed by atoms with Crippen LogP contribution in [0.15, 0.2) is 0 Å². The molecule has 116 valence electrons. The molecule has 2 aliphatic heterocycles. The van der Waals surface area contributed by atoms with Crippen LogP contribution >= 0.6 is 0 Å². The molecule has 0 aromatic carbocycles. The summed E-state index contributed by atoms with van der Waals surface area (Å²) in [5, 5.41) is 8.62. The Morgan fingerprint density at radius 1 is 1.14 bits per heavy atom. The topological polar surface area (TPSA) is 63.5 Å². The molecule has 2 aliphatic rings. The van der Waals surface area contributed by atoms with Gasteiger partial charge in [0.25, 0.3) is 0 Å². The van der Waals surface area contributed by atoms with Crippen LogP contribution in [0.25, 0.3) is 0 Å². The molecule has 1 fully saturated rings. The van der Waals surface area contributed by atoms with E-state index < -0.39 is 0 Å². The van der Waals surface area contributed by atoms with Gasteiger partial charge in [0.1, 0.15) is 5.82 Å². The standard InChI is InChI=1S/C14H23N5O2/c1-21-10-9-17-6-4-12-15-16-13(19(12)8-7-17)11-18-5-2-3-14(18)20/h2-11H2,1H3. The molecular formula is C14H23N5O2. The Bertz CT molecular complexity index is 502. The second-order valence-electron chi connectivity index (χ2n) is 5.69. The fraction of sp³-hybridized carbons (Fsp3) is 0.786. The first-order valence-corrected chi connectivity index (χ1v) is 7.68. The highest BCUT2D eigenvalue weighted by atomic mass is 16.5. The van der Waals surface area contributed by atoms with Gasteiger partial charge in [0, 0.05) is 52.7 Å². The van der Waals surface area contributed by atoms with E-state index in [0.717, 1.165) is 63.8 Å². The third kappa shape index (κ3) is 3.24. The first kappa shape index (κ1) is 14.5. The van der Waals surface area contributed by atoms with E-state index >= 15 is 0 Å². The fourth-order valence-corrected chi connectivity index (χ4v) is 3.03. The van der Waals surface area contributed by atoms with E-state index in [2.05, 4.69) is 19.7 Å². The minimum absolute atomic E-state index is 0.239. The smallest absolute Gasteiger partial charge is 0.223 e. The second kappa shape index (κ2) is 6.53. The average Bonchev–Trinajstić information content (AvgIpc) is 3.00. The van der Waals surface area contributed by atoms with Gasteiger partial charge in [0.15, 0.2) is 5.82 Å². The number of amides is 1. The maximum Gasteiger partial charge on any atom is 0.223 e. The van der Waals surface area contributed by atoms with Crippen LogP contribution in [0.2, 0.25) is 0 Å².